The van der Waals surface area contributed by atoms with E-state index in [2.05, 4.69) is 13.8 Å². The second kappa shape index (κ2) is 11.3. The molecule has 0 amide bonds. The molecule has 34 heavy (non-hydrogen) atoms. The molecule has 0 radical (unpaired) electrons. The van der Waals surface area contributed by atoms with Gasteiger partial charge in [0.1, 0.15) is 0 Å². The molecule has 0 nitrogen and oxygen atoms in total. The second-order valence-corrected chi connectivity index (χ2v) is 10.7. The van der Waals surface area contributed by atoms with Crippen molar-refractivity contribution >= 4 is 0 Å². The average molecular weight is 475 g/mol. The Hall–Kier alpha value is -1.84. The third-order valence-corrected chi connectivity index (χ3v) is 8.48. The first-order chi connectivity index (χ1) is 16.4. The van der Waals surface area contributed by atoms with Gasteiger partial charge in [0, 0.05) is 11.1 Å². The summed E-state index contributed by atoms with van der Waals surface area (Å²) < 4.78 is 60.4. The largest absolute Gasteiger partial charge is 0.203 e. The highest BCUT2D eigenvalue weighted by molar-refractivity contribution is 5.66. The minimum atomic E-state index is -1.07. The quantitative estimate of drug-likeness (QED) is 0.350. The second-order valence-electron chi connectivity index (χ2n) is 10.7. The van der Waals surface area contributed by atoms with Crippen molar-refractivity contribution in [1.82, 2.24) is 0 Å². The van der Waals surface area contributed by atoms with Crippen LogP contribution in [0.15, 0.2) is 24.3 Å². The first-order valence-electron chi connectivity index (χ1n) is 13.4. The van der Waals surface area contributed by atoms with Gasteiger partial charge in [-0.1, -0.05) is 63.8 Å². The Bertz CT molecular complexity index is 887. The summed E-state index contributed by atoms with van der Waals surface area (Å²) in [5.41, 5.74) is 0.348. The first-order valence-corrected chi connectivity index (χ1v) is 13.4. The lowest BCUT2D eigenvalue weighted by Crippen LogP contribution is -2.15. The van der Waals surface area contributed by atoms with Gasteiger partial charge in [-0.15, -0.1) is 0 Å². The molecule has 0 spiro atoms. The summed E-state index contributed by atoms with van der Waals surface area (Å²) >= 11 is 0. The zero-order valence-electron chi connectivity index (χ0n) is 20.6. The average Bonchev–Trinajstić information content (AvgIpc) is 2.85. The molecule has 0 aromatic heterocycles. The van der Waals surface area contributed by atoms with Crippen molar-refractivity contribution in [3.8, 4) is 11.1 Å². The van der Waals surface area contributed by atoms with Crippen LogP contribution in [-0.4, -0.2) is 0 Å². The Labute approximate surface area is 202 Å². The number of hydrogen-bond acceptors (Lipinski definition) is 0. The van der Waals surface area contributed by atoms with Gasteiger partial charge in [0.25, 0.3) is 0 Å². The van der Waals surface area contributed by atoms with Crippen molar-refractivity contribution in [2.75, 3.05) is 0 Å². The molecule has 0 bridgehead atoms. The molecular weight excluding hydrogens is 436 g/mol. The van der Waals surface area contributed by atoms with E-state index in [0.29, 0.717) is 23.0 Å². The van der Waals surface area contributed by atoms with Gasteiger partial charge in [-0.05, 0) is 86.2 Å². The molecule has 2 aliphatic carbocycles. The van der Waals surface area contributed by atoms with Gasteiger partial charge in [0.05, 0.1) is 0 Å². The molecule has 2 fully saturated rings. The van der Waals surface area contributed by atoms with Gasteiger partial charge in [-0.2, -0.15) is 0 Å². The van der Waals surface area contributed by atoms with Crippen molar-refractivity contribution in [3.05, 3.63) is 58.7 Å². The lowest BCUT2D eigenvalue weighted by Gasteiger charge is -2.29. The first kappa shape index (κ1) is 25.3. The highest BCUT2D eigenvalue weighted by Gasteiger charge is 2.29. The summed E-state index contributed by atoms with van der Waals surface area (Å²) in [6.45, 7) is 4.35. The molecule has 2 aliphatic rings. The van der Waals surface area contributed by atoms with Crippen molar-refractivity contribution in [1.29, 1.82) is 0 Å². The Kier molecular flexibility index (Phi) is 8.37. The van der Waals surface area contributed by atoms with E-state index in [9.17, 15) is 0 Å². The SMILES string of the molecule is CCCC1CCC(c2ccc(-c3ccc(C4CCC(CCC)CC4)c(F)c3F)c(F)c2F)CC1. The topological polar surface area (TPSA) is 0 Å². The van der Waals surface area contributed by atoms with Crippen molar-refractivity contribution in [2.45, 2.75) is 103 Å². The summed E-state index contributed by atoms with van der Waals surface area (Å²) in [4.78, 5) is 0. The predicted octanol–water partition coefficient (Wildman–Crippen LogP) is 10.1. The molecule has 0 aliphatic heterocycles. The fourth-order valence-corrected chi connectivity index (χ4v) is 6.52. The van der Waals surface area contributed by atoms with Crippen LogP contribution in [-0.2, 0) is 0 Å². The fourth-order valence-electron chi connectivity index (χ4n) is 6.52. The van der Waals surface area contributed by atoms with Crippen LogP contribution in [0.5, 0.6) is 0 Å². The third kappa shape index (κ3) is 5.21. The summed E-state index contributed by atoms with van der Waals surface area (Å²) in [7, 11) is 0. The van der Waals surface area contributed by atoms with E-state index in [1.807, 2.05) is 0 Å². The number of benzene rings is 2. The van der Waals surface area contributed by atoms with Gasteiger partial charge in [0.15, 0.2) is 23.3 Å². The molecule has 4 heteroatoms. The molecule has 0 heterocycles. The summed E-state index contributed by atoms with van der Waals surface area (Å²) in [6.07, 6.45) is 12.2. The molecule has 2 aromatic carbocycles. The molecule has 0 atom stereocenters. The van der Waals surface area contributed by atoms with Crippen molar-refractivity contribution in [3.63, 3.8) is 0 Å². The van der Waals surface area contributed by atoms with Gasteiger partial charge in [0.2, 0.25) is 0 Å². The van der Waals surface area contributed by atoms with Crippen LogP contribution in [0.2, 0.25) is 0 Å². The molecule has 0 N–H and O–H groups in total. The van der Waals surface area contributed by atoms with Gasteiger partial charge in [-0.3, -0.25) is 0 Å². The Balaban J connectivity index is 1.53. The highest BCUT2D eigenvalue weighted by atomic mass is 19.2. The van der Waals surface area contributed by atoms with E-state index < -0.39 is 23.3 Å². The lowest BCUT2D eigenvalue weighted by atomic mass is 9.76. The predicted molar refractivity (Wildman–Crippen MR) is 131 cm³/mol. The Morgan fingerprint density at radius 3 is 1.21 bits per heavy atom. The zero-order chi connectivity index (χ0) is 24.2. The smallest absolute Gasteiger partial charge is 0.167 e. The monoisotopic (exact) mass is 474 g/mol. The maximum atomic E-state index is 15.1. The molecule has 0 saturated heterocycles. The number of rotatable bonds is 7. The van der Waals surface area contributed by atoms with E-state index in [1.165, 1.54) is 25.0 Å². The fraction of sp³-hybridized carbons (Fsp3) is 0.600. The Morgan fingerprint density at radius 1 is 0.529 bits per heavy atom. The molecule has 0 unspecified atom stereocenters. The molecular formula is C30H38F4. The minimum absolute atomic E-state index is 0.0107. The lowest BCUT2D eigenvalue weighted by molar-refractivity contribution is 0.302. The van der Waals surface area contributed by atoms with Crippen LogP contribution >= 0.6 is 0 Å². The van der Waals surface area contributed by atoms with E-state index >= 15 is 17.6 Å². The van der Waals surface area contributed by atoms with Crippen molar-refractivity contribution < 1.29 is 17.6 Å². The van der Waals surface area contributed by atoms with Gasteiger partial charge < -0.3 is 0 Å². The maximum absolute atomic E-state index is 15.1. The minimum Gasteiger partial charge on any atom is -0.203 e. The molecule has 2 aromatic rings. The van der Waals surface area contributed by atoms with Crippen LogP contribution in [0.4, 0.5) is 17.6 Å². The number of halogens is 4. The Morgan fingerprint density at radius 2 is 0.882 bits per heavy atom. The summed E-state index contributed by atoms with van der Waals surface area (Å²) in [5, 5.41) is 0. The highest BCUT2D eigenvalue weighted by Crippen LogP contribution is 2.42. The summed E-state index contributed by atoms with van der Waals surface area (Å²) in [6, 6.07) is 6.02. The van der Waals surface area contributed by atoms with E-state index in [4.69, 9.17) is 0 Å². The zero-order valence-corrected chi connectivity index (χ0v) is 20.6. The van der Waals surface area contributed by atoms with Crippen molar-refractivity contribution in [2.24, 2.45) is 11.8 Å². The van der Waals surface area contributed by atoms with Crippen LogP contribution in [0.25, 0.3) is 11.1 Å². The number of hydrogen-bond donors (Lipinski definition) is 0. The maximum Gasteiger partial charge on any atom is 0.167 e. The molecule has 186 valence electrons. The van der Waals surface area contributed by atoms with Crippen LogP contribution in [0.1, 0.15) is 114 Å². The van der Waals surface area contributed by atoms with Crippen LogP contribution < -0.4 is 0 Å². The standard InChI is InChI=1S/C30H38F4/c1-3-5-19-7-11-21(12-8-19)23-15-17-25(29(33)27(23)31)26-18-16-24(28(32)30(26)34)22-13-9-20(6-4-2)10-14-22/h15-22H,3-14H2,1-2H3. The van der Waals surface area contributed by atoms with Gasteiger partial charge in [-0.25, -0.2) is 17.6 Å². The van der Waals surface area contributed by atoms with Crippen LogP contribution in [0.3, 0.4) is 0 Å². The third-order valence-electron chi connectivity index (χ3n) is 8.48. The van der Waals surface area contributed by atoms with Gasteiger partial charge >= 0.3 is 0 Å². The normalized spacial score (nSPS) is 25.5. The van der Waals surface area contributed by atoms with E-state index in [-0.39, 0.29) is 23.0 Å². The van der Waals surface area contributed by atoms with Crippen LogP contribution in [0, 0.1) is 35.1 Å². The summed E-state index contributed by atoms with van der Waals surface area (Å²) in [5.74, 6) is -2.63. The molecule has 4 rings (SSSR count). The molecule has 2 saturated carbocycles. The van der Waals surface area contributed by atoms with E-state index in [0.717, 1.165) is 64.2 Å². The van der Waals surface area contributed by atoms with E-state index in [1.54, 1.807) is 12.1 Å².